The topological polar surface area (TPSA) is 42.8 Å². The summed E-state index contributed by atoms with van der Waals surface area (Å²) >= 11 is 0. The summed E-state index contributed by atoms with van der Waals surface area (Å²) in [5.41, 5.74) is 1.82. The Morgan fingerprint density at radius 1 is 1.04 bits per heavy atom. The summed E-state index contributed by atoms with van der Waals surface area (Å²) < 4.78 is 5.65. The zero-order valence-corrected chi connectivity index (χ0v) is 14.8. The van der Waals surface area contributed by atoms with Crippen LogP contribution in [0.5, 0.6) is 5.75 Å². The Morgan fingerprint density at radius 3 is 2.44 bits per heavy atom. The van der Waals surface area contributed by atoms with Crippen molar-refractivity contribution in [2.24, 2.45) is 0 Å². The number of rotatable bonds is 6. The summed E-state index contributed by atoms with van der Waals surface area (Å²) in [7, 11) is 0. The number of anilines is 1. The quantitative estimate of drug-likeness (QED) is 0.850. The average molecular weight is 339 g/mol. The van der Waals surface area contributed by atoms with Crippen molar-refractivity contribution < 1.29 is 14.4 Å². The van der Waals surface area contributed by atoms with Crippen LogP contribution in [-0.4, -0.2) is 25.6 Å². The normalized spacial score (nSPS) is 16.2. The van der Waals surface area contributed by atoms with Gasteiger partial charge in [-0.05, 0) is 38.3 Å². The summed E-state index contributed by atoms with van der Waals surface area (Å²) in [6.45, 7) is 4.61. The Balaban J connectivity index is 1.84. The lowest BCUT2D eigenvalue weighted by Gasteiger charge is -2.31. The number of quaternary nitrogens is 1. The lowest BCUT2D eigenvalue weighted by molar-refractivity contribution is -0.926. The van der Waals surface area contributed by atoms with Crippen molar-refractivity contribution in [3.8, 4) is 5.75 Å². The number of nitrogens with one attached hydrogen (secondary N) is 2. The molecule has 4 heteroatoms. The molecule has 132 valence electrons. The van der Waals surface area contributed by atoms with Crippen molar-refractivity contribution in [2.45, 2.75) is 32.2 Å². The molecule has 0 radical (unpaired) electrons. The highest BCUT2D eigenvalue weighted by atomic mass is 16.5. The third-order valence-corrected chi connectivity index (χ3v) is 4.74. The van der Waals surface area contributed by atoms with Gasteiger partial charge >= 0.3 is 0 Å². The van der Waals surface area contributed by atoms with E-state index >= 15 is 0 Å². The van der Waals surface area contributed by atoms with E-state index in [1.165, 1.54) is 24.2 Å². The van der Waals surface area contributed by atoms with E-state index in [1.54, 1.807) is 0 Å². The number of hydrogen-bond acceptors (Lipinski definition) is 2. The van der Waals surface area contributed by atoms with Crippen LogP contribution in [0.2, 0.25) is 0 Å². The molecule has 1 saturated heterocycles. The molecular formula is C21H27N2O2+. The SMILES string of the molecule is CCOc1ccccc1NC(=O)[C@H](c1ccccc1)[NH+]1CCCCC1. The second-order valence-corrected chi connectivity index (χ2v) is 6.48. The first kappa shape index (κ1) is 17.5. The van der Waals surface area contributed by atoms with Crippen LogP contribution in [0.4, 0.5) is 5.69 Å². The van der Waals surface area contributed by atoms with E-state index in [9.17, 15) is 4.79 Å². The van der Waals surface area contributed by atoms with Crippen LogP contribution in [-0.2, 0) is 4.79 Å². The summed E-state index contributed by atoms with van der Waals surface area (Å²) in [6, 6.07) is 17.6. The standard InChI is InChI=1S/C21H26N2O2/c1-2-25-19-14-8-7-13-18(19)22-21(24)20(17-11-5-3-6-12-17)23-15-9-4-10-16-23/h3,5-8,11-14,20H,2,4,9-10,15-16H2,1H3,(H,22,24)/p+1/t20-/m0/s1. The molecule has 1 atom stereocenters. The first-order valence-electron chi connectivity index (χ1n) is 9.22. The van der Waals surface area contributed by atoms with Gasteiger partial charge in [-0.2, -0.15) is 0 Å². The maximum Gasteiger partial charge on any atom is 0.287 e. The number of likely N-dealkylation sites (tertiary alicyclic amines) is 1. The lowest BCUT2D eigenvalue weighted by atomic mass is 10.0. The molecule has 1 heterocycles. The molecule has 1 aliphatic heterocycles. The fourth-order valence-electron chi connectivity index (χ4n) is 3.57. The number of piperidine rings is 1. The summed E-state index contributed by atoms with van der Waals surface area (Å²) in [4.78, 5) is 14.5. The minimum absolute atomic E-state index is 0.0373. The fraction of sp³-hybridized carbons (Fsp3) is 0.381. The lowest BCUT2D eigenvalue weighted by Crippen LogP contribution is -3.14. The molecule has 0 saturated carbocycles. The van der Waals surface area contributed by atoms with E-state index in [2.05, 4.69) is 17.4 Å². The summed E-state index contributed by atoms with van der Waals surface area (Å²) in [6.07, 6.45) is 3.63. The average Bonchev–Trinajstić information content (AvgIpc) is 2.65. The predicted octanol–water partition coefficient (Wildman–Crippen LogP) is 2.83. The van der Waals surface area contributed by atoms with Gasteiger partial charge in [-0.3, -0.25) is 4.79 Å². The van der Waals surface area contributed by atoms with Gasteiger partial charge in [-0.1, -0.05) is 42.5 Å². The van der Waals surface area contributed by atoms with Crippen molar-refractivity contribution in [2.75, 3.05) is 25.0 Å². The van der Waals surface area contributed by atoms with E-state index in [-0.39, 0.29) is 11.9 Å². The number of benzene rings is 2. The second kappa shape index (κ2) is 8.67. The van der Waals surface area contributed by atoms with Gasteiger partial charge in [0.2, 0.25) is 0 Å². The van der Waals surface area contributed by atoms with Crippen LogP contribution in [0, 0.1) is 0 Å². The molecule has 2 N–H and O–H groups in total. The van der Waals surface area contributed by atoms with Gasteiger partial charge in [0.15, 0.2) is 6.04 Å². The summed E-state index contributed by atoms with van der Waals surface area (Å²) in [5, 5.41) is 3.11. The van der Waals surface area contributed by atoms with Gasteiger partial charge in [-0.25, -0.2) is 0 Å². The van der Waals surface area contributed by atoms with Crippen LogP contribution in [0.3, 0.4) is 0 Å². The second-order valence-electron chi connectivity index (χ2n) is 6.48. The minimum Gasteiger partial charge on any atom is -0.492 e. The molecule has 0 unspecified atom stereocenters. The maximum absolute atomic E-state index is 13.2. The number of carbonyl (C=O) groups excluding carboxylic acids is 1. The molecule has 0 aliphatic carbocycles. The molecule has 1 amide bonds. The number of ether oxygens (including phenoxy) is 1. The molecule has 4 nitrogen and oxygen atoms in total. The van der Waals surface area contributed by atoms with Gasteiger partial charge in [0.05, 0.1) is 25.4 Å². The number of amides is 1. The van der Waals surface area contributed by atoms with E-state index in [4.69, 9.17) is 4.74 Å². The van der Waals surface area contributed by atoms with Gasteiger partial charge in [-0.15, -0.1) is 0 Å². The van der Waals surface area contributed by atoms with Crippen molar-refractivity contribution >= 4 is 11.6 Å². The van der Waals surface area contributed by atoms with E-state index in [1.807, 2.05) is 49.4 Å². The first-order chi connectivity index (χ1) is 12.3. The monoisotopic (exact) mass is 339 g/mol. The molecule has 2 aromatic carbocycles. The highest BCUT2D eigenvalue weighted by molar-refractivity contribution is 5.95. The molecule has 2 aromatic rings. The van der Waals surface area contributed by atoms with E-state index < -0.39 is 0 Å². The van der Waals surface area contributed by atoms with Crippen molar-refractivity contribution in [1.82, 2.24) is 0 Å². The number of hydrogen-bond donors (Lipinski definition) is 2. The van der Waals surface area contributed by atoms with Crippen molar-refractivity contribution in [3.63, 3.8) is 0 Å². The first-order valence-corrected chi connectivity index (χ1v) is 9.22. The maximum atomic E-state index is 13.2. The number of para-hydroxylation sites is 2. The zero-order chi connectivity index (χ0) is 17.5. The molecule has 1 fully saturated rings. The molecule has 1 aliphatic rings. The molecule has 3 rings (SSSR count). The molecular weight excluding hydrogens is 312 g/mol. The Kier molecular flexibility index (Phi) is 6.07. The van der Waals surface area contributed by atoms with Gasteiger partial charge in [0.1, 0.15) is 5.75 Å². The van der Waals surface area contributed by atoms with Crippen LogP contribution >= 0.6 is 0 Å². The fourth-order valence-corrected chi connectivity index (χ4v) is 3.57. The highest BCUT2D eigenvalue weighted by Crippen LogP contribution is 2.25. The zero-order valence-electron chi connectivity index (χ0n) is 14.8. The van der Waals surface area contributed by atoms with Gasteiger partial charge in [0, 0.05) is 5.56 Å². The smallest absolute Gasteiger partial charge is 0.287 e. The van der Waals surface area contributed by atoms with Gasteiger partial charge < -0.3 is 15.0 Å². The molecule has 25 heavy (non-hydrogen) atoms. The summed E-state index contributed by atoms with van der Waals surface area (Å²) in [5.74, 6) is 0.758. The Morgan fingerprint density at radius 2 is 1.72 bits per heavy atom. The van der Waals surface area contributed by atoms with Crippen LogP contribution in [0.15, 0.2) is 54.6 Å². The molecule has 0 spiro atoms. The Hall–Kier alpha value is -2.33. The largest absolute Gasteiger partial charge is 0.492 e. The van der Waals surface area contributed by atoms with Crippen LogP contribution in [0.25, 0.3) is 0 Å². The van der Waals surface area contributed by atoms with E-state index in [0.29, 0.717) is 6.61 Å². The van der Waals surface area contributed by atoms with Crippen LogP contribution in [0.1, 0.15) is 37.8 Å². The van der Waals surface area contributed by atoms with Crippen LogP contribution < -0.4 is 15.0 Å². The highest BCUT2D eigenvalue weighted by Gasteiger charge is 2.32. The third-order valence-electron chi connectivity index (χ3n) is 4.74. The minimum atomic E-state index is -0.184. The predicted molar refractivity (Wildman–Crippen MR) is 100.0 cm³/mol. The Bertz CT molecular complexity index is 681. The van der Waals surface area contributed by atoms with E-state index in [0.717, 1.165) is 30.1 Å². The molecule has 0 aromatic heterocycles. The number of carbonyl (C=O) groups is 1. The third kappa shape index (κ3) is 4.40. The molecule has 0 bridgehead atoms. The van der Waals surface area contributed by atoms with Crippen molar-refractivity contribution in [1.29, 1.82) is 0 Å². The van der Waals surface area contributed by atoms with Gasteiger partial charge in [0.25, 0.3) is 5.91 Å². The van der Waals surface area contributed by atoms with Crippen molar-refractivity contribution in [3.05, 3.63) is 60.2 Å². The Labute approximate surface area is 149 Å².